The van der Waals surface area contributed by atoms with Crippen molar-refractivity contribution in [3.05, 3.63) is 12.1 Å². The van der Waals surface area contributed by atoms with Crippen molar-refractivity contribution in [2.24, 2.45) is 0 Å². The van der Waals surface area contributed by atoms with Crippen LogP contribution in [0.3, 0.4) is 0 Å². The first kappa shape index (κ1) is 25.7. The van der Waals surface area contributed by atoms with Crippen LogP contribution in [0, 0.1) is 0 Å². The largest absolute Gasteiger partial charge is 0.492 e. The molecule has 0 aliphatic heterocycles. The third-order valence-corrected chi connectivity index (χ3v) is 6.81. The van der Waals surface area contributed by atoms with Gasteiger partial charge < -0.3 is 19.6 Å². The highest BCUT2D eigenvalue weighted by Crippen LogP contribution is 2.41. The highest BCUT2D eigenvalue weighted by molar-refractivity contribution is 7.49. The Bertz CT molecular complexity index is 564. The molecular weight excluding hydrogens is 391 g/mol. The molecule has 8 heteroatoms. The maximum absolute atomic E-state index is 11.7. The van der Waals surface area contributed by atoms with E-state index in [0.29, 0.717) is 12.1 Å². The summed E-state index contributed by atoms with van der Waals surface area (Å²) in [5.74, 6) is -1.05. The first-order valence-corrected chi connectivity index (χ1v) is 12.4. The zero-order valence-corrected chi connectivity index (χ0v) is 19.5. The summed E-state index contributed by atoms with van der Waals surface area (Å²) < 4.78 is 9.23. The van der Waals surface area contributed by atoms with Crippen molar-refractivity contribution >= 4 is 14.3 Å². The van der Waals surface area contributed by atoms with E-state index in [1.807, 2.05) is 0 Å². The fraction of sp³-hybridized carbons (Fsp3) is 0.762. The highest BCUT2D eigenvalue weighted by Gasteiger charge is 2.20. The van der Waals surface area contributed by atoms with Gasteiger partial charge in [-0.1, -0.05) is 32.1 Å². The van der Waals surface area contributed by atoms with Crippen LogP contribution in [0.2, 0.25) is 0 Å². The number of aromatic nitrogens is 1. The van der Waals surface area contributed by atoms with Crippen LogP contribution in [0.15, 0.2) is 12.1 Å². The molecule has 0 saturated carbocycles. The first-order chi connectivity index (χ1) is 13.7. The highest BCUT2D eigenvalue weighted by atomic mass is 31.2. The molecule has 7 nitrogen and oxygen atoms in total. The van der Waals surface area contributed by atoms with Gasteiger partial charge in [0.25, 0.3) is 0 Å². The number of carbonyl (C=O) groups is 1. The number of hydrogen-bond acceptors (Lipinski definition) is 6. The summed E-state index contributed by atoms with van der Waals surface area (Å²) in [4.78, 5) is 16.6. The van der Waals surface area contributed by atoms with Gasteiger partial charge in [0.1, 0.15) is 8.30 Å². The minimum absolute atomic E-state index is 0.271. The van der Waals surface area contributed by atoms with E-state index in [4.69, 9.17) is 9.36 Å². The van der Waals surface area contributed by atoms with Gasteiger partial charge in [0, 0.05) is 30.6 Å². The Labute approximate surface area is 176 Å². The Morgan fingerprint density at radius 2 is 1.45 bits per heavy atom. The Kier molecular flexibility index (Phi) is 12.3. The summed E-state index contributed by atoms with van der Waals surface area (Å²) >= 11 is 0. The molecule has 1 rings (SSSR count). The van der Waals surface area contributed by atoms with Crippen molar-refractivity contribution < 1.29 is 24.4 Å². The number of rotatable bonds is 15. The van der Waals surface area contributed by atoms with Gasteiger partial charge >= 0.3 is 5.97 Å². The van der Waals surface area contributed by atoms with Gasteiger partial charge in [-0.05, 0) is 47.2 Å². The van der Waals surface area contributed by atoms with E-state index in [1.165, 1.54) is 25.0 Å². The van der Waals surface area contributed by atoms with Crippen LogP contribution in [0.1, 0.15) is 79.1 Å². The molecule has 1 unspecified atom stereocenters. The number of hydrogen-bond donors (Lipinski definition) is 2. The minimum Gasteiger partial charge on any atom is -0.492 e. The molecule has 0 aliphatic rings. The number of aromatic hydroxyl groups is 2. The molecule has 0 radical (unpaired) electrons. The molecule has 0 amide bonds. The number of nitrogens with zero attached hydrogens (tertiary/aromatic N) is 2. The lowest BCUT2D eigenvalue weighted by Gasteiger charge is -2.35. The third-order valence-electron chi connectivity index (χ3n) is 4.68. The molecule has 0 spiro atoms. The predicted molar refractivity (Wildman–Crippen MR) is 117 cm³/mol. The fourth-order valence-electron chi connectivity index (χ4n) is 3.41. The summed E-state index contributed by atoms with van der Waals surface area (Å²) in [6.07, 6.45) is 7.65. The van der Waals surface area contributed by atoms with E-state index in [0.717, 1.165) is 43.4 Å². The van der Waals surface area contributed by atoms with E-state index in [2.05, 4.69) is 39.0 Å². The second-order valence-corrected chi connectivity index (χ2v) is 9.55. The molecule has 1 aromatic heterocycles. The van der Waals surface area contributed by atoms with Gasteiger partial charge in [-0.15, -0.1) is 4.73 Å². The summed E-state index contributed by atoms with van der Waals surface area (Å²) in [5.41, 5.74) is 0. The monoisotopic (exact) mass is 430 g/mol. The van der Waals surface area contributed by atoms with Crippen LogP contribution in [-0.4, -0.2) is 50.9 Å². The van der Waals surface area contributed by atoms with Crippen LogP contribution in [0.4, 0.5) is 0 Å². The molecule has 0 fully saturated rings. The van der Waals surface area contributed by atoms with Crippen molar-refractivity contribution in [2.45, 2.75) is 91.1 Å². The zero-order chi connectivity index (χ0) is 21.8. The van der Waals surface area contributed by atoms with E-state index < -0.39 is 14.3 Å². The molecule has 168 valence electrons. The van der Waals surface area contributed by atoms with Crippen molar-refractivity contribution in [1.82, 2.24) is 9.40 Å². The average Bonchev–Trinajstić information content (AvgIpc) is 2.94. The third kappa shape index (κ3) is 9.83. The quantitative estimate of drug-likeness (QED) is 0.299. The second kappa shape index (κ2) is 13.8. The lowest BCUT2D eigenvalue weighted by atomic mass is 10.1. The Hall–Kier alpha value is -1.30. The van der Waals surface area contributed by atoms with E-state index in [9.17, 15) is 15.0 Å². The lowest BCUT2D eigenvalue weighted by molar-refractivity contribution is -0.145. The van der Waals surface area contributed by atoms with E-state index >= 15 is 0 Å². The Morgan fingerprint density at radius 3 is 1.97 bits per heavy atom. The molecule has 0 aromatic carbocycles. The maximum atomic E-state index is 11.7. The molecule has 1 atom stereocenters. The second-order valence-electron chi connectivity index (χ2n) is 7.90. The van der Waals surface area contributed by atoms with Crippen LogP contribution in [0.25, 0.3) is 0 Å². The maximum Gasteiger partial charge on any atom is 0.333 e. The van der Waals surface area contributed by atoms with Crippen molar-refractivity contribution in [1.29, 1.82) is 0 Å². The van der Waals surface area contributed by atoms with Gasteiger partial charge in [-0.3, -0.25) is 4.67 Å². The first-order valence-electron chi connectivity index (χ1n) is 10.7. The smallest absolute Gasteiger partial charge is 0.333 e. The van der Waals surface area contributed by atoms with Gasteiger partial charge in [0.15, 0.2) is 0 Å². The molecule has 0 saturated heterocycles. The van der Waals surface area contributed by atoms with Crippen molar-refractivity contribution in [3.63, 3.8) is 0 Å². The molecule has 0 bridgehead atoms. The predicted octanol–water partition coefficient (Wildman–Crippen LogP) is 5.05. The van der Waals surface area contributed by atoms with Crippen LogP contribution >= 0.6 is 8.30 Å². The van der Waals surface area contributed by atoms with E-state index in [-0.39, 0.29) is 18.2 Å². The molecule has 1 heterocycles. The Morgan fingerprint density at radius 1 is 0.966 bits per heavy atom. The molecular formula is C21H39N2O5P. The molecule has 29 heavy (non-hydrogen) atoms. The van der Waals surface area contributed by atoms with Gasteiger partial charge in [0.05, 0.1) is 6.61 Å². The van der Waals surface area contributed by atoms with Gasteiger partial charge in [-0.2, -0.15) is 0 Å². The van der Waals surface area contributed by atoms with Crippen molar-refractivity contribution in [2.75, 3.05) is 13.3 Å². The number of carbonyl (C=O) groups excluding carboxylic acids is 1. The minimum atomic E-state index is -0.525. The van der Waals surface area contributed by atoms with Crippen LogP contribution in [-0.2, 0) is 9.32 Å². The van der Waals surface area contributed by atoms with Crippen LogP contribution in [0.5, 0.6) is 11.8 Å². The Balaban J connectivity index is 2.00. The average molecular weight is 431 g/mol. The zero-order valence-electron chi connectivity index (χ0n) is 18.6. The lowest BCUT2D eigenvalue weighted by Crippen LogP contribution is -2.32. The topological polar surface area (TPSA) is 84.2 Å². The summed E-state index contributed by atoms with van der Waals surface area (Å²) in [6, 6.07) is 3.53. The van der Waals surface area contributed by atoms with Gasteiger partial charge in [0.2, 0.25) is 11.8 Å². The fourth-order valence-corrected chi connectivity index (χ4v) is 5.24. The summed E-state index contributed by atoms with van der Waals surface area (Å²) in [5, 5.41) is 18.9. The molecule has 0 aliphatic carbocycles. The summed E-state index contributed by atoms with van der Waals surface area (Å²) in [7, 11) is -0.525. The summed E-state index contributed by atoms with van der Waals surface area (Å²) in [6.45, 7) is 11.9. The number of unbranched alkanes of at least 4 members (excludes halogenated alkanes) is 6. The normalized spacial score (nSPS) is 12.8. The standard InChI is InChI=1S/C21H39N2O5P/c1-17(2)23(18(3)4)29(5)27-16-12-10-8-6-7-9-11-13-21(26)28-22-19(24)14-15-20(22)25/h14-15,17-18,24-25H,6-13,16H2,1-5H3. The molecule has 1 aromatic rings. The van der Waals surface area contributed by atoms with Crippen LogP contribution < -0.4 is 4.84 Å². The molecule has 2 N–H and O–H groups in total. The van der Waals surface area contributed by atoms with Crippen molar-refractivity contribution in [3.8, 4) is 11.8 Å². The SMILES string of the molecule is CC(C)N(C(C)C)P(C)OCCCCCCCCCC(=O)On1c(O)ccc1O. The van der Waals surface area contributed by atoms with Gasteiger partial charge in [-0.25, -0.2) is 4.79 Å². The van der Waals surface area contributed by atoms with E-state index in [1.54, 1.807) is 0 Å².